The van der Waals surface area contributed by atoms with Crippen LogP contribution in [0.15, 0.2) is 21.4 Å². The monoisotopic (exact) mass is 237 g/mol. The molecule has 17 heavy (non-hydrogen) atoms. The average Bonchev–Trinajstić information content (AvgIpc) is 3.03. The van der Waals surface area contributed by atoms with Gasteiger partial charge in [-0.1, -0.05) is 0 Å². The van der Waals surface area contributed by atoms with Crippen LogP contribution in [-0.2, 0) is 5.60 Å². The molecule has 1 saturated heterocycles. The van der Waals surface area contributed by atoms with Gasteiger partial charge >= 0.3 is 0 Å². The predicted molar refractivity (Wildman–Crippen MR) is 52.5 cm³/mol. The Hall–Kier alpha value is -1.80. The molecule has 2 aromatic heterocycles. The highest BCUT2D eigenvalue weighted by molar-refractivity contribution is 5.10. The minimum Gasteiger partial charge on any atom is -0.382 e. The Balaban J connectivity index is 1.84. The topological polar surface area (TPSA) is 110 Å². The molecule has 2 N–H and O–H groups in total. The Kier molecular flexibility index (Phi) is 2.37. The van der Waals surface area contributed by atoms with E-state index in [1.54, 1.807) is 0 Å². The van der Waals surface area contributed by atoms with Crippen LogP contribution in [0.25, 0.3) is 0 Å². The van der Waals surface area contributed by atoms with Gasteiger partial charge in [-0.2, -0.15) is 0 Å². The van der Waals surface area contributed by atoms with Crippen molar-refractivity contribution in [1.29, 1.82) is 0 Å². The van der Waals surface area contributed by atoms with E-state index in [0.717, 1.165) is 0 Å². The van der Waals surface area contributed by atoms with Crippen LogP contribution in [-0.4, -0.2) is 32.4 Å². The van der Waals surface area contributed by atoms with Gasteiger partial charge in [0.2, 0.25) is 0 Å². The van der Waals surface area contributed by atoms with Crippen LogP contribution < -0.4 is 5.32 Å². The first-order chi connectivity index (χ1) is 8.28. The van der Waals surface area contributed by atoms with Crippen LogP contribution in [0.3, 0.4) is 0 Å². The molecule has 1 fully saturated rings. The summed E-state index contributed by atoms with van der Waals surface area (Å²) in [5.74, 6) is 0.965. The number of piperidine rings is 1. The number of hydrogen-bond donors (Lipinski definition) is 2. The summed E-state index contributed by atoms with van der Waals surface area (Å²) in [5, 5.41) is 27.7. The molecule has 2 unspecified atom stereocenters. The van der Waals surface area contributed by atoms with Crippen molar-refractivity contribution in [2.45, 2.75) is 24.5 Å². The third-order valence-electron chi connectivity index (χ3n) is 3.01. The van der Waals surface area contributed by atoms with Crippen molar-refractivity contribution in [2.24, 2.45) is 0 Å². The lowest BCUT2D eigenvalue weighted by Gasteiger charge is -2.34. The number of hydrogen-bond acceptors (Lipinski definition) is 8. The first kappa shape index (κ1) is 10.4. The van der Waals surface area contributed by atoms with E-state index in [1.165, 1.54) is 12.4 Å². The van der Waals surface area contributed by atoms with Crippen molar-refractivity contribution in [2.75, 3.05) is 6.54 Å². The van der Waals surface area contributed by atoms with E-state index in [-0.39, 0.29) is 6.04 Å². The maximum absolute atomic E-state index is 10.5. The van der Waals surface area contributed by atoms with Gasteiger partial charge in [-0.15, -0.1) is 10.2 Å². The minimum absolute atomic E-state index is 0.145. The zero-order valence-electron chi connectivity index (χ0n) is 8.91. The smallest absolute Gasteiger partial charge is 0.188 e. The molecule has 0 radical (unpaired) electrons. The summed E-state index contributed by atoms with van der Waals surface area (Å²) in [6, 6.07) is -0.145. The van der Waals surface area contributed by atoms with Gasteiger partial charge in [-0.05, 0) is 13.0 Å². The van der Waals surface area contributed by atoms with Crippen molar-refractivity contribution in [3.05, 3.63) is 23.9 Å². The normalized spacial score (nSPS) is 29.4. The minimum atomic E-state index is -1.08. The van der Waals surface area contributed by atoms with Crippen molar-refractivity contribution < 1.29 is 14.2 Å². The quantitative estimate of drug-likeness (QED) is 0.736. The maximum atomic E-state index is 10.5. The Morgan fingerprint density at radius 3 is 2.82 bits per heavy atom. The lowest BCUT2D eigenvalue weighted by molar-refractivity contribution is -0.0348. The molecule has 3 rings (SSSR count). The van der Waals surface area contributed by atoms with E-state index in [2.05, 4.69) is 26.1 Å². The Morgan fingerprint density at radius 2 is 2.12 bits per heavy atom. The third kappa shape index (κ3) is 1.81. The molecule has 3 heterocycles. The van der Waals surface area contributed by atoms with Gasteiger partial charge in [0, 0.05) is 17.0 Å². The van der Waals surface area contributed by atoms with E-state index < -0.39 is 5.60 Å². The molecule has 0 aromatic carbocycles. The second kappa shape index (κ2) is 3.90. The van der Waals surface area contributed by atoms with Crippen LogP contribution in [0, 0.1) is 0 Å². The van der Waals surface area contributed by atoms with Gasteiger partial charge in [0.15, 0.2) is 11.5 Å². The lowest BCUT2D eigenvalue weighted by Crippen LogP contribution is -2.41. The first-order valence-corrected chi connectivity index (χ1v) is 5.29. The summed E-state index contributed by atoms with van der Waals surface area (Å²) < 4.78 is 9.93. The van der Waals surface area contributed by atoms with Crippen LogP contribution >= 0.6 is 0 Å². The molecule has 1 aliphatic heterocycles. The van der Waals surface area contributed by atoms with E-state index in [9.17, 15) is 5.11 Å². The third-order valence-corrected chi connectivity index (χ3v) is 3.01. The Labute approximate surface area is 96.0 Å². The summed E-state index contributed by atoms with van der Waals surface area (Å²) in [6.45, 7) is 0.628. The fraction of sp³-hybridized carbons (Fsp3) is 0.556. The van der Waals surface area contributed by atoms with Gasteiger partial charge in [-0.25, -0.2) is 0 Å². The fourth-order valence-corrected chi connectivity index (χ4v) is 2.09. The number of nitrogens with one attached hydrogen (secondary N) is 1. The summed E-state index contributed by atoms with van der Waals surface area (Å²) in [6.07, 6.45) is 3.89. The van der Waals surface area contributed by atoms with E-state index in [4.69, 9.17) is 9.05 Å². The molecule has 90 valence electrons. The van der Waals surface area contributed by atoms with Crippen LogP contribution in [0.5, 0.6) is 0 Å². The second-order valence-corrected chi connectivity index (χ2v) is 4.09. The first-order valence-electron chi connectivity index (χ1n) is 5.29. The highest BCUT2D eigenvalue weighted by atomic mass is 16.5. The van der Waals surface area contributed by atoms with E-state index in [1.807, 2.05) is 0 Å². The molecule has 2 aromatic rings. The van der Waals surface area contributed by atoms with Crippen LogP contribution in [0.4, 0.5) is 0 Å². The van der Waals surface area contributed by atoms with Gasteiger partial charge in [0.05, 0.1) is 18.4 Å². The number of aromatic nitrogens is 4. The largest absolute Gasteiger partial charge is 0.382 e. The average molecular weight is 237 g/mol. The summed E-state index contributed by atoms with van der Waals surface area (Å²) in [4.78, 5) is 0. The molecule has 2 atom stereocenters. The van der Waals surface area contributed by atoms with Crippen molar-refractivity contribution >= 4 is 0 Å². The van der Waals surface area contributed by atoms with Crippen LogP contribution in [0.1, 0.15) is 30.4 Å². The second-order valence-electron chi connectivity index (χ2n) is 4.09. The molecular formula is C9H11N5O3. The zero-order chi connectivity index (χ0) is 11.7. The molecule has 0 saturated carbocycles. The summed E-state index contributed by atoms with van der Waals surface area (Å²) >= 11 is 0. The lowest BCUT2D eigenvalue weighted by atomic mass is 9.85. The van der Waals surface area contributed by atoms with Gasteiger partial charge < -0.3 is 19.5 Å². The number of nitrogens with zero attached hydrogens (tertiary/aromatic N) is 4. The van der Waals surface area contributed by atoms with E-state index >= 15 is 0 Å². The Morgan fingerprint density at radius 1 is 1.29 bits per heavy atom. The summed E-state index contributed by atoms with van der Waals surface area (Å²) in [7, 11) is 0. The Bertz CT molecular complexity index is 471. The predicted octanol–water partition coefficient (Wildman–Crippen LogP) is -0.235. The highest BCUT2D eigenvalue weighted by Gasteiger charge is 2.40. The van der Waals surface area contributed by atoms with E-state index in [0.29, 0.717) is 30.9 Å². The molecular weight excluding hydrogens is 226 g/mol. The molecule has 0 aliphatic carbocycles. The standard InChI is InChI=1S/C9H11N5O3/c15-9(8-5-12-14-17-8)1-2-10-6(3-9)7-4-11-13-16-7/h4-6,10,15H,1-3H2. The van der Waals surface area contributed by atoms with Gasteiger partial charge in [0.25, 0.3) is 0 Å². The SMILES string of the molecule is OC1(c2cnno2)CCNC(c2cnno2)C1. The fourth-order valence-electron chi connectivity index (χ4n) is 2.09. The number of aliphatic hydroxyl groups is 1. The maximum Gasteiger partial charge on any atom is 0.188 e. The molecule has 0 spiro atoms. The summed E-state index contributed by atoms with van der Waals surface area (Å²) in [5.41, 5.74) is -1.08. The van der Waals surface area contributed by atoms with Crippen LogP contribution in [0.2, 0.25) is 0 Å². The number of rotatable bonds is 2. The molecule has 8 heteroatoms. The van der Waals surface area contributed by atoms with Gasteiger partial charge in [-0.3, -0.25) is 0 Å². The van der Waals surface area contributed by atoms with Gasteiger partial charge in [0.1, 0.15) is 5.60 Å². The molecule has 8 nitrogen and oxygen atoms in total. The molecule has 1 aliphatic rings. The van der Waals surface area contributed by atoms with Crippen molar-refractivity contribution in [3.63, 3.8) is 0 Å². The zero-order valence-corrected chi connectivity index (χ0v) is 8.91. The van der Waals surface area contributed by atoms with Crippen molar-refractivity contribution in [3.8, 4) is 0 Å². The highest BCUT2D eigenvalue weighted by Crippen LogP contribution is 2.37. The molecule has 0 bridgehead atoms. The van der Waals surface area contributed by atoms with Crippen molar-refractivity contribution in [1.82, 2.24) is 26.1 Å². The molecule has 0 amide bonds.